The summed E-state index contributed by atoms with van der Waals surface area (Å²) in [5.74, 6) is -2.43. The summed E-state index contributed by atoms with van der Waals surface area (Å²) in [5, 5.41) is 0. The van der Waals surface area contributed by atoms with E-state index in [0.29, 0.717) is 24.2 Å². The quantitative estimate of drug-likeness (QED) is 0.171. The molecule has 142 valence electrons. The van der Waals surface area contributed by atoms with Crippen LogP contribution < -0.4 is 0 Å². The van der Waals surface area contributed by atoms with Crippen LogP contribution in [0.15, 0.2) is 12.2 Å². The van der Waals surface area contributed by atoms with E-state index in [1.165, 1.54) is 19.3 Å². The van der Waals surface area contributed by atoms with Gasteiger partial charge in [0.05, 0.1) is 12.0 Å². The first-order valence-corrected chi connectivity index (χ1v) is 9.70. The lowest BCUT2D eigenvalue weighted by Crippen LogP contribution is -2.50. The first kappa shape index (κ1) is 19.2. The van der Waals surface area contributed by atoms with Gasteiger partial charge in [-0.2, -0.15) is 17.6 Å². The van der Waals surface area contributed by atoms with Crippen LogP contribution in [0.1, 0.15) is 51.4 Å². The van der Waals surface area contributed by atoms with Crippen LogP contribution in [0.5, 0.6) is 0 Å². The van der Waals surface area contributed by atoms with Crippen LogP contribution in [0.4, 0.5) is 17.6 Å². The molecule has 4 bridgehead atoms. The standard InChI is InChI=1S/C18H23BrF4O2/c19-18(22,23)17(20,21)4-2-1-3-5-25-15(24)16-9-12-6-13(10-16)8-14(7-12)11-16/h2,4,12-14H,1,3,5-11H2. The highest BCUT2D eigenvalue weighted by Crippen LogP contribution is 2.60. The first-order chi connectivity index (χ1) is 11.6. The second kappa shape index (κ2) is 6.86. The van der Waals surface area contributed by atoms with Gasteiger partial charge in [-0.05, 0) is 91.1 Å². The predicted octanol–water partition coefficient (Wildman–Crippen LogP) is 5.71. The second-order valence-corrected chi connectivity index (χ2v) is 9.00. The maximum atomic E-state index is 13.0. The van der Waals surface area contributed by atoms with Crippen molar-refractivity contribution in [1.82, 2.24) is 0 Å². The average molecular weight is 427 g/mol. The van der Waals surface area contributed by atoms with Gasteiger partial charge in [-0.3, -0.25) is 4.79 Å². The van der Waals surface area contributed by atoms with Crippen LogP contribution in [0, 0.1) is 23.2 Å². The number of hydrogen-bond acceptors (Lipinski definition) is 2. The Morgan fingerprint density at radius 2 is 1.60 bits per heavy atom. The summed E-state index contributed by atoms with van der Waals surface area (Å²) in [6, 6.07) is 0. The van der Waals surface area contributed by atoms with Crippen molar-refractivity contribution in [3.05, 3.63) is 12.2 Å². The summed E-state index contributed by atoms with van der Waals surface area (Å²) in [7, 11) is 0. The molecule has 0 aromatic rings. The highest BCUT2D eigenvalue weighted by atomic mass is 79.9. The Bertz CT molecular complexity index is 506. The summed E-state index contributed by atoms with van der Waals surface area (Å²) in [6.45, 7) is 0.140. The van der Waals surface area contributed by atoms with E-state index in [9.17, 15) is 22.4 Å². The van der Waals surface area contributed by atoms with Gasteiger partial charge in [0.2, 0.25) is 0 Å². The summed E-state index contributed by atoms with van der Waals surface area (Å²) < 4.78 is 56.6. The molecule has 0 heterocycles. The van der Waals surface area contributed by atoms with Crippen LogP contribution >= 0.6 is 15.9 Å². The zero-order valence-corrected chi connectivity index (χ0v) is 15.5. The van der Waals surface area contributed by atoms with E-state index < -0.39 is 10.8 Å². The summed E-state index contributed by atoms with van der Waals surface area (Å²) in [5.41, 5.74) is -0.324. The topological polar surface area (TPSA) is 26.3 Å². The molecule has 4 fully saturated rings. The van der Waals surface area contributed by atoms with E-state index in [0.717, 1.165) is 25.3 Å². The van der Waals surface area contributed by atoms with Crippen molar-refractivity contribution in [2.75, 3.05) is 6.61 Å². The van der Waals surface area contributed by atoms with Gasteiger partial charge in [0.25, 0.3) is 0 Å². The third kappa shape index (κ3) is 4.06. The summed E-state index contributed by atoms with van der Waals surface area (Å²) >= 11 is 1.67. The number of esters is 1. The molecule has 7 heteroatoms. The normalized spacial score (nSPS) is 34.7. The molecule has 0 aromatic heterocycles. The van der Waals surface area contributed by atoms with Crippen LogP contribution in [-0.2, 0) is 9.53 Å². The van der Waals surface area contributed by atoms with E-state index in [1.54, 1.807) is 15.9 Å². The molecule has 2 nitrogen and oxygen atoms in total. The molecule has 0 atom stereocenters. The highest BCUT2D eigenvalue weighted by Gasteiger charge is 2.55. The van der Waals surface area contributed by atoms with Gasteiger partial charge in [-0.15, -0.1) is 0 Å². The van der Waals surface area contributed by atoms with E-state index >= 15 is 0 Å². The van der Waals surface area contributed by atoms with Crippen molar-refractivity contribution in [3.63, 3.8) is 0 Å². The third-order valence-corrected chi connectivity index (χ3v) is 6.45. The van der Waals surface area contributed by atoms with E-state index in [2.05, 4.69) is 0 Å². The number of unbranched alkanes of at least 4 members (excludes halogenated alkanes) is 1. The van der Waals surface area contributed by atoms with Gasteiger partial charge in [0.15, 0.2) is 0 Å². The summed E-state index contributed by atoms with van der Waals surface area (Å²) in [4.78, 5) is 8.29. The van der Waals surface area contributed by atoms with Crippen LogP contribution in [0.3, 0.4) is 0 Å². The molecule has 0 saturated heterocycles. The minimum absolute atomic E-state index is 0.140. The van der Waals surface area contributed by atoms with Gasteiger partial charge in [-0.25, -0.2) is 0 Å². The largest absolute Gasteiger partial charge is 0.465 e. The molecule has 0 aliphatic heterocycles. The average Bonchev–Trinajstić information content (AvgIpc) is 2.48. The molecule has 0 radical (unpaired) electrons. The maximum absolute atomic E-state index is 13.0. The third-order valence-electron chi connectivity index (χ3n) is 5.92. The predicted molar refractivity (Wildman–Crippen MR) is 88.8 cm³/mol. The number of carbonyl (C=O) groups is 1. The van der Waals surface area contributed by atoms with Crippen molar-refractivity contribution >= 4 is 21.9 Å². The highest BCUT2D eigenvalue weighted by molar-refractivity contribution is 9.10. The smallest absolute Gasteiger partial charge is 0.367 e. The minimum atomic E-state index is -4.26. The zero-order valence-electron chi connectivity index (χ0n) is 14.0. The number of halogens is 5. The number of ether oxygens (including phenoxy) is 1. The number of alkyl halides is 5. The lowest BCUT2D eigenvalue weighted by molar-refractivity contribution is -0.171. The SMILES string of the molecule is O=C(OCCCC=CC(F)(F)C(F)(F)Br)C12CC3CC(CC(C3)C1)C2. The Hall–Kier alpha value is -0.590. The Labute approximate surface area is 153 Å². The molecule has 25 heavy (non-hydrogen) atoms. The molecule has 4 saturated carbocycles. The minimum Gasteiger partial charge on any atom is -0.465 e. The maximum Gasteiger partial charge on any atom is 0.367 e. The van der Waals surface area contributed by atoms with Crippen molar-refractivity contribution in [1.29, 1.82) is 0 Å². The van der Waals surface area contributed by atoms with Crippen molar-refractivity contribution < 1.29 is 27.1 Å². The first-order valence-electron chi connectivity index (χ1n) is 8.91. The van der Waals surface area contributed by atoms with Crippen LogP contribution in [0.25, 0.3) is 0 Å². The van der Waals surface area contributed by atoms with Gasteiger partial charge < -0.3 is 4.74 Å². The number of carbonyl (C=O) groups excluding carboxylic acids is 1. The molecule has 0 amide bonds. The lowest BCUT2D eigenvalue weighted by Gasteiger charge is -2.55. The molecule has 0 aromatic carbocycles. The number of rotatable bonds is 7. The van der Waals surface area contributed by atoms with E-state index in [1.807, 2.05) is 0 Å². The van der Waals surface area contributed by atoms with Gasteiger partial charge in [-0.1, -0.05) is 6.08 Å². The monoisotopic (exact) mass is 426 g/mol. The fraction of sp³-hybridized carbons (Fsp3) is 0.833. The van der Waals surface area contributed by atoms with E-state index in [4.69, 9.17) is 4.74 Å². The number of allylic oxidation sites excluding steroid dienone is 2. The molecule has 4 rings (SSSR count). The van der Waals surface area contributed by atoms with Crippen molar-refractivity contribution in [2.45, 2.75) is 62.1 Å². The molecular formula is C18H23BrF4O2. The molecular weight excluding hydrogens is 404 g/mol. The summed E-state index contributed by atoms with van der Waals surface area (Å²) in [6.07, 6.45) is 8.19. The fourth-order valence-electron chi connectivity index (χ4n) is 5.21. The second-order valence-electron chi connectivity index (χ2n) is 8.00. The van der Waals surface area contributed by atoms with Gasteiger partial charge in [0.1, 0.15) is 0 Å². The molecule has 0 spiro atoms. The van der Waals surface area contributed by atoms with Crippen LogP contribution in [0.2, 0.25) is 0 Å². The lowest BCUT2D eigenvalue weighted by atomic mass is 9.49. The Balaban J connectivity index is 1.42. The van der Waals surface area contributed by atoms with Crippen LogP contribution in [-0.4, -0.2) is 23.3 Å². The number of hydrogen-bond donors (Lipinski definition) is 0. The zero-order chi connectivity index (χ0) is 18.3. The van der Waals surface area contributed by atoms with E-state index in [-0.39, 0.29) is 30.5 Å². The Kier molecular flexibility index (Phi) is 5.26. The Morgan fingerprint density at radius 1 is 1.08 bits per heavy atom. The van der Waals surface area contributed by atoms with Gasteiger partial charge >= 0.3 is 16.7 Å². The molecule has 4 aliphatic carbocycles. The van der Waals surface area contributed by atoms with Crippen molar-refractivity contribution in [3.8, 4) is 0 Å². The van der Waals surface area contributed by atoms with Crippen molar-refractivity contribution in [2.24, 2.45) is 23.2 Å². The van der Waals surface area contributed by atoms with Gasteiger partial charge in [0, 0.05) is 0 Å². The Morgan fingerprint density at radius 3 is 2.08 bits per heavy atom. The molecule has 4 aliphatic rings. The molecule has 0 N–H and O–H groups in total. The molecule has 0 unspecified atom stereocenters. The fourth-order valence-corrected chi connectivity index (χ4v) is 5.34.